The highest BCUT2D eigenvalue weighted by molar-refractivity contribution is 6.33. The molecule has 1 N–H and O–H groups in total. The highest BCUT2D eigenvalue weighted by Gasteiger charge is 2.28. The number of ketones is 1. The minimum absolute atomic E-state index is 0.209. The van der Waals surface area contributed by atoms with Crippen LogP contribution in [0.1, 0.15) is 15.9 Å². The molecule has 130 valence electrons. The summed E-state index contributed by atoms with van der Waals surface area (Å²) >= 11 is 6.13. The third kappa shape index (κ3) is 4.38. The Kier molecular flexibility index (Phi) is 5.82. The smallest absolute Gasteiger partial charge is 0.235 e. The first-order chi connectivity index (χ1) is 12.6. The van der Waals surface area contributed by atoms with Crippen LogP contribution in [0, 0.1) is 5.92 Å². The van der Waals surface area contributed by atoms with Gasteiger partial charge in [0.1, 0.15) is 5.92 Å². The van der Waals surface area contributed by atoms with E-state index in [1.54, 1.807) is 48.5 Å². The Morgan fingerprint density at radius 2 is 1.38 bits per heavy atom. The van der Waals surface area contributed by atoms with Gasteiger partial charge in [-0.05, 0) is 24.1 Å². The molecule has 0 aliphatic carbocycles. The maximum absolute atomic E-state index is 13.0. The minimum atomic E-state index is -0.837. The van der Waals surface area contributed by atoms with Crippen molar-refractivity contribution in [2.45, 2.75) is 6.42 Å². The van der Waals surface area contributed by atoms with E-state index in [0.717, 1.165) is 5.56 Å². The van der Waals surface area contributed by atoms with Crippen LogP contribution >= 0.6 is 11.6 Å². The van der Waals surface area contributed by atoms with Gasteiger partial charge in [0.25, 0.3) is 0 Å². The highest BCUT2D eigenvalue weighted by atomic mass is 35.5. The van der Waals surface area contributed by atoms with Gasteiger partial charge >= 0.3 is 0 Å². The van der Waals surface area contributed by atoms with Crippen LogP contribution in [-0.2, 0) is 11.2 Å². The molecule has 26 heavy (non-hydrogen) atoms. The van der Waals surface area contributed by atoms with E-state index in [2.05, 4.69) is 5.32 Å². The first-order valence-corrected chi connectivity index (χ1v) is 8.71. The lowest BCUT2D eigenvalue weighted by molar-refractivity contribution is -0.118. The van der Waals surface area contributed by atoms with Gasteiger partial charge in [-0.3, -0.25) is 9.59 Å². The third-order valence-electron chi connectivity index (χ3n) is 4.11. The third-order valence-corrected chi connectivity index (χ3v) is 4.44. The average molecular weight is 364 g/mol. The van der Waals surface area contributed by atoms with E-state index in [9.17, 15) is 9.59 Å². The summed E-state index contributed by atoms with van der Waals surface area (Å²) < 4.78 is 0. The second kappa shape index (κ2) is 8.45. The molecule has 0 radical (unpaired) electrons. The van der Waals surface area contributed by atoms with Crippen LogP contribution in [0.2, 0.25) is 5.02 Å². The Morgan fingerprint density at radius 1 is 0.808 bits per heavy atom. The van der Waals surface area contributed by atoms with Gasteiger partial charge in [0, 0.05) is 5.56 Å². The molecule has 0 heterocycles. The molecule has 0 saturated carbocycles. The zero-order valence-electron chi connectivity index (χ0n) is 14.1. The molecule has 1 atom stereocenters. The number of halogens is 1. The Hall–Kier alpha value is -2.91. The fourth-order valence-corrected chi connectivity index (χ4v) is 2.92. The topological polar surface area (TPSA) is 46.2 Å². The first kappa shape index (κ1) is 17.9. The van der Waals surface area contributed by atoms with Gasteiger partial charge in [0.05, 0.1) is 10.7 Å². The van der Waals surface area contributed by atoms with Gasteiger partial charge in [-0.1, -0.05) is 84.4 Å². The molecular weight excluding hydrogens is 346 g/mol. The average Bonchev–Trinajstić information content (AvgIpc) is 2.69. The maximum Gasteiger partial charge on any atom is 0.235 e. The fourth-order valence-electron chi connectivity index (χ4n) is 2.74. The molecule has 0 bridgehead atoms. The van der Waals surface area contributed by atoms with Gasteiger partial charge in [-0.25, -0.2) is 0 Å². The number of hydrogen-bond acceptors (Lipinski definition) is 2. The molecule has 0 saturated heterocycles. The molecule has 3 nitrogen and oxygen atoms in total. The molecule has 0 spiro atoms. The van der Waals surface area contributed by atoms with E-state index < -0.39 is 5.92 Å². The SMILES string of the molecule is O=C(Nc1ccccc1Cl)C(Cc1ccccc1)C(=O)c1ccccc1. The fraction of sp³-hybridized carbons (Fsp3) is 0.0909. The lowest BCUT2D eigenvalue weighted by atomic mass is 9.90. The molecule has 3 aromatic rings. The van der Waals surface area contributed by atoms with E-state index in [1.165, 1.54) is 0 Å². The van der Waals surface area contributed by atoms with Crippen molar-refractivity contribution in [2.75, 3.05) is 5.32 Å². The van der Waals surface area contributed by atoms with Crippen molar-refractivity contribution in [1.29, 1.82) is 0 Å². The molecular formula is C22H18ClNO2. The van der Waals surface area contributed by atoms with Crippen LogP contribution in [0.3, 0.4) is 0 Å². The van der Waals surface area contributed by atoms with Crippen LogP contribution in [-0.4, -0.2) is 11.7 Å². The number of rotatable bonds is 6. The van der Waals surface area contributed by atoms with E-state index in [0.29, 0.717) is 22.7 Å². The number of nitrogens with one attached hydrogen (secondary N) is 1. The number of para-hydroxylation sites is 1. The number of amides is 1. The van der Waals surface area contributed by atoms with Gasteiger partial charge in [0.2, 0.25) is 5.91 Å². The predicted molar refractivity (Wildman–Crippen MR) is 104 cm³/mol. The molecule has 1 amide bonds. The number of benzene rings is 3. The standard InChI is InChI=1S/C22H18ClNO2/c23-19-13-7-8-14-20(19)24-22(26)18(15-16-9-3-1-4-10-16)21(25)17-11-5-2-6-12-17/h1-14,18H,15H2,(H,24,26). The van der Waals surface area contributed by atoms with Gasteiger partial charge in [-0.2, -0.15) is 0 Å². The zero-order valence-corrected chi connectivity index (χ0v) is 14.8. The van der Waals surface area contributed by atoms with Crippen molar-refractivity contribution in [3.8, 4) is 0 Å². The number of hydrogen-bond donors (Lipinski definition) is 1. The van der Waals surface area contributed by atoms with Crippen LogP contribution < -0.4 is 5.32 Å². The predicted octanol–water partition coefficient (Wildman–Crippen LogP) is 5.02. The summed E-state index contributed by atoms with van der Waals surface area (Å²) in [6.45, 7) is 0. The molecule has 0 aliphatic rings. The van der Waals surface area contributed by atoms with Crippen LogP contribution in [0.25, 0.3) is 0 Å². The van der Waals surface area contributed by atoms with Gasteiger partial charge in [-0.15, -0.1) is 0 Å². The lowest BCUT2D eigenvalue weighted by Crippen LogP contribution is -2.31. The number of Topliss-reactive ketones (excluding diaryl/α,β-unsaturated/α-hetero) is 1. The molecule has 3 aromatic carbocycles. The Bertz CT molecular complexity index is 894. The summed E-state index contributed by atoms with van der Waals surface area (Å²) in [5.41, 5.74) is 1.94. The number of carbonyl (C=O) groups is 2. The first-order valence-electron chi connectivity index (χ1n) is 8.34. The Labute approximate surface area is 157 Å². The Morgan fingerprint density at radius 3 is 2.04 bits per heavy atom. The number of anilines is 1. The number of carbonyl (C=O) groups excluding carboxylic acids is 2. The lowest BCUT2D eigenvalue weighted by Gasteiger charge is -2.17. The molecule has 0 aromatic heterocycles. The summed E-state index contributed by atoms with van der Waals surface area (Å²) in [5.74, 6) is -1.41. The second-order valence-electron chi connectivity index (χ2n) is 5.94. The summed E-state index contributed by atoms with van der Waals surface area (Å²) in [6.07, 6.45) is 0.324. The maximum atomic E-state index is 13.0. The van der Waals surface area contributed by atoms with Crippen LogP contribution in [0.5, 0.6) is 0 Å². The molecule has 0 aliphatic heterocycles. The minimum Gasteiger partial charge on any atom is -0.324 e. The summed E-state index contributed by atoms with van der Waals surface area (Å²) in [4.78, 5) is 25.9. The van der Waals surface area contributed by atoms with Gasteiger partial charge in [0.15, 0.2) is 5.78 Å². The summed E-state index contributed by atoms with van der Waals surface area (Å²) in [6, 6.07) is 25.4. The largest absolute Gasteiger partial charge is 0.324 e. The van der Waals surface area contributed by atoms with E-state index >= 15 is 0 Å². The zero-order chi connectivity index (χ0) is 18.4. The Balaban J connectivity index is 1.88. The van der Waals surface area contributed by atoms with Crippen LogP contribution in [0.4, 0.5) is 5.69 Å². The second-order valence-corrected chi connectivity index (χ2v) is 6.35. The van der Waals surface area contributed by atoms with Crippen molar-refractivity contribution < 1.29 is 9.59 Å². The van der Waals surface area contributed by atoms with Crippen molar-refractivity contribution in [3.63, 3.8) is 0 Å². The normalized spacial score (nSPS) is 11.6. The molecule has 0 fully saturated rings. The van der Waals surface area contributed by atoms with Crippen LogP contribution in [0.15, 0.2) is 84.9 Å². The van der Waals surface area contributed by atoms with E-state index in [1.807, 2.05) is 36.4 Å². The molecule has 3 rings (SSSR count). The summed E-state index contributed by atoms with van der Waals surface area (Å²) in [7, 11) is 0. The van der Waals surface area contributed by atoms with Gasteiger partial charge < -0.3 is 5.32 Å². The van der Waals surface area contributed by atoms with Crippen molar-refractivity contribution in [3.05, 3.63) is 101 Å². The highest BCUT2D eigenvalue weighted by Crippen LogP contribution is 2.23. The van der Waals surface area contributed by atoms with E-state index in [4.69, 9.17) is 11.6 Å². The van der Waals surface area contributed by atoms with Crippen molar-refractivity contribution >= 4 is 29.0 Å². The van der Waals surface area contributed by atoms with Crippen molar-refractivity contribution in [1.82, 2.24) is 0 Å². The summed E-state index contributed by atoms with van der Waals surface area (Å²) in [5, 5.41) is 3.23. The van der Waals surface area contributed by atoms with Crippen molar-refractivity contribution in [2.24, 2.45) is 5.92 Å². The van der Waals surface area contributed by atoms with E-state index in [-0.39, 0.29) is 11.7 Å². The molecule has 1 unspecified atom stereocenters. The quantitative estimate of drug-likeness (QED) is 0.493. The molecule has 4 heteroatoms. The monoisotopic (exact) mass is 363 g/mol.